The number of rotatable bonds is 5. The van der Waals surface area contributed by atoms with Gasteiger partial charge in [-0.25, -0.2) is 0 Å². The minimum absolute atomic E-state index is 0.470. The smallest absolute Gasteiger partial charge is 0.0449 e. The zero-order chi connectivity index (χ0) is 14.4. The summed E-state index contributed by atoms with van der Waals surface area (Å²) in [4.78, 5) is 2.65. The van der Waals surface area contributed by atoms with Crippen LogP contribution < -0.4 is 5.32 Å². The summed E-state index contributed by atoms with van der Waals surface area (Å²) < 4.78 is 0. The van der Waals surface area contributed by atoms with Crippen molar-refractivity contribution in [3.05, 3.63) is 34.9 Å². The Morgan fingerprint density at radius 2 is 1.75 bits per heavy atom. The molecule has 20 heavy (non-hydrogen) atoms. The van der Waals surface area contributed by atoms with Gasteiger partial charge in [0.05, 0.1) is 0 Å². The molecule has 1 unspecified atom stereocenters. The van der Waals surface area contributed by atoms with Gasteiger partial charge in [0.2, 0.25) is 0 Å². The topological polar surface area (TPSA) is 15.3 Å². The zero-order valence-corrected chi connectivity index (χ0v) is 13.4. The van der Waals surface area contributed by atoms with E-state index in [1.54, 1.807) is 0 Å². The van der Waals surface area contributed by atoms with Gasteiger partial charge in [-0.1, -0.05) is 38.0 Å². The number of likely N-dealkylation sites (tertiary alicyclic amines) is 1. The molecule has 0 aliphatic carbocycles. The summed E-state index contributed by atoms with van der Waals surface area (Å²) in [7, 11) is 0. The highest BCUT2D eigenvalue weighted by Gasteiger charge is 2.17. The van der Waals surface area contributed by atoms with Crippen LogP contribution in [0.4, 0.5) is 0 Å². The van der Waals surface area contributed by atoms with E-state index in [1.165, 1.54) is 55.5 Å². The summed E-state index contributed by atoms with van der Waals surface area (Å²) in [5.74, 6) is 0. The first-order chi connectivity index (χ1) is 9.70. The first-order valence-corrected chi connectivity index (χ1v) is 8.23. The van der Waals surface area contributed by atoms with Crippen LogP contribution in [0.25, 0.3) is 0 Å². The third-order valence-electron chi connectivity index (χ3n) is 4.52. The van der Waals surface area contributed by atoms with Crippen LogP contribution in [0, 0.1) is 13.8 Å². The predicted molar refractivity (Wildman–Crippen MR) is 87.2 cm³/mol. The van der Waals surface area contributed by atoms with Gasteiger partial charge in [-0.3, -0.25) is 0 Å². The van der Waals surface area contributed by atoms with E-state index < -0.39 is 0 Å². The van der Waals surface area contributed by atoms with E-state index in [2.05, 4.69) is 49.2 Å². The molecule has 0 bridgehead atoms. The summed E-state index contributed by atoms with van der Waals surface area (Å²) in [6.07, 6.45) is 5.55. The fraction of sp³-hybridized carbons (Fsp3) is 0.667. The molecule has 1 aliphatic heterocycles. The molecule has 1 N–H and O–H groups in total. The maximum atomic E-state index is 3.67. The van der Waals surface area contributed by atoms with E-state index in [1.807, 2.05) is 0 Å². The second-order valence-corrected chi connectivity index (χ2v) is 6.17. The van der Waals surface area contributed by atoms with Gasteiger partial charge in [0, 0.05) is 12.6 Å². The maximum Gasteiger partial charge on any atom is 0.0449 e. The Morgan fingerprint density at radius 3 is 2.35 bits per heavy atom. The Bertz CT molecular complexity index is 406. The van der Waals surface area contributed by atoms with E-state index >= 15 is 0 Å². The van der Waals surface area contributed by atoms with Crippen molar-refractivity contribution in [1.29, 1.82) is 0 Å². The van der Waals surface area contributed by atoms with Crippen molar-refractivity contribution in [2.24, 2.45) is 0 Å². The summed E-state index contributed by atoms with van der Waals surface area (Å²) >= 11 is 0. The van der Waals surface area contributed by atoms with Crippen molar-refractivity contribution in [2.75, 3.05) is 26.2 Å². The number of hydrogen-bond acceptors (Lipinski definition) is 2. The number of aryl methyl sites for hydroxylation is 2. The van der Waals surface area contributed by atoms with Crippen LogP contribution in [0.1, 0.15) is 55.3 Å². The molecule has 1 atom stereocenters. The third-order valence-corrected chi connectivity index (χ3v) is 4.52. The fourth-order valence-electron chi connectivity index (χ4n) is 3.09. The van der Waals surface area contributed by atoms with E-state index in [0.29, 0.717) is 6.04 Å². The van der Waals surface area contributed by atoms with Crippen LogP contribution in [-0.2, 0) is 0 Å². The molecular formula is C18H30N2. The van der Waals surface area contributed by atoms with E-state index in [9.17, 15) is 0 Å². The van der Waals surface area contributed by atoms with Crippen molar-refractivity contribution in [1.82, 2.24) is 10.2 Å². The fourth-order valence-corrected chi connectivity index (χ4v) is 3.09. The summed E-state index contributed by atoms with van der Waals surface area (Å²) in [6, 6.07) is 7.39. The lowest BCUT2D eigenvalue weighted by molar-refractivity contribution is 0.252. The first kappa shape index (κ1) is 15.5. The van der Waals surface area contributed by atoms with Gasteiger partial charge in [0.25, 0.3) is 0 Å². The SMILES string of the molecule is CCNC(CN1CCCCCC1)c1ccc(C)c(C)c1. The van der Waals surface area contributed by atoms with Crippen molar-refractivity contribution >= 4 is 0 Å². The van der Waals surface area contributed by atoms with E-state index in [4.69, 9.17) is 0 Å². The van der Waals surface area contributed by atoms with Crippen LogP contribution in [-0.4, -0.2) is 31.1 Å². The average Bonchev–Trinajstić information content (AvgIpc) is 2.70. The van der Waals surface area contributed by atoms with Crippen molar-refractivity contribution < 1.29 is 0 Å². The number of benzene rings is 1. The molecule has 1 aliphatic rings. The van der Waals surface area contributed by atoms with Gasteiger partial charge in [-0.2, -0.15) is 0 Å². The molecule has 2 heteroatoms. The Kier molecular flexibility index (Phi) is 6.06. The molecular weight excluding hydrogens is 244 g/mol. The standard InChI is InChI=1S/C18H30N2/c1-4-19-18(14-20-11-7-5-6-8-12-20)17-10-9-15(2)16(3)13-17/h9-10,13,18-19H,4-8,11-12,14H2,1-3H3. The second-order valence-electron chi connectivity index (χ2n) is 6.17. The first-order valence-electron chi connectivity index (χ1n) is 8.23. The lowest BCUT2D eigenvalue weighted by Crippen LogP contribution is -2.35. The molecule has 0 spiro atoms. The number of likely N-dealkylation sites (N-methyl/N-ethyl adjacent to an activating group) is 1. The molecule has 1 aromatic rings. The summed E-state index contributed by atoms with van der Waals surface area (Å²) in [5, 5.41) is 3.67. The minimum atomic E-state index is 0.470. The van der Waals surface area contributed by atoms with Crippen LogP contribution in [0.2, 0.25) is 0 Å². The summed E-state index contributed by atoms with van der Waals surface area (Å²) in [5.41, 5.74) is 4.24. The van der Waals surface area contributed by atoms with Gasteiger partial charge < -0.3 is 10.2 Å². The normalized spacial score (nSPS) is 18.8. The van der Waals surface area contributed by atoms with Crippen LogP contribution in [0.15, 0.2) is 18.2 Å². The Balaban J connectivity index is 2.06. The monoisotopic (exact) mass is 274 g/mol. The number of nitrogens with zero attached hydrogens (tertiary/aromatic N) is 1. The molecule has 0 aromatic heterocycles. The van der Waals surface area contributed by atoms with E-state index in [-0.39, 0.29) is 0 Å². The van der Waals surface area contributed by atoms with Crippen molar-refractivity contribution in [2.45, 2.75) is 52.5 Å². The molecule has 1 fully saturated rings. The molecule has 0 saturated carbocycles. The molecule has 1 heterocycles. The highest BCUT2D eigenvalue weighted by atomic mass is 15.1. The van der Waals surface area contributed by atoms with Crippen molar-refractivity contribution in [3.63, 3.8) is 0 Å². The molecule has 0 amide bonds. The highest BCUT2D eigenvalue weighted by molar-refractivity contribution is 5.31. The Morgan fingerprint density at radius 1 is 1.05 bits per heavy atom. The average molecular weight is 274 g/mol. The van der Waals surface area contributed by atoms with Gasteiger partial charge in [0.1, 0.15) is 0 Å². The van der Waals surface area contributed by atoms with Crippen LogP contribution in [0.5, 0.6) is 0 Å². The van der Waals surface area contributed by atoms with Gasteiger partial charge in [-0.05, 0) is 63.0 Å². The molecule has 1 aromatic carbocycles. The summed E-state index contributed by atoms with van der Waals surface area (Å²) in [6.45, 7) is 11.3. The predicted octanol–water partition coefficient (Wildman–Crippen LogP) is 3.83. The van der Waals surface area contributed by atoms with Crippen LogP contribution in [0.3, 0.4) is 0 Å². The number of nitrogens with one attached hydrogen (secondary N) is 1. The van der Waals surface area contributed by atoms with Gasteiger partial charge >= 0.3 is 0 Å². The second kappa shape index (κ2) is 7.80. The molecule has 2 rings (SSSR count). The molecule has 0 radical (unpaired) electrons. The minimum Gasteiger partial charge on any atom is -0.309 e. The molecule has 2 nitrogen and oxygen atoms in total. The van der Waals surface area contributed by atoms with Gasteiger partial charge in [0.15, 0.2) is 0 Å². The van der Waals surface area contributed by atoms with Crippen LogP contribution >= 0.6 is 0 Å². The van der Waals surface area contributed by atoms with Crippen molar-refractivity contribution in [3.8, 4) is 0 Å². The van der Waals surface area contributed by atoms with Gasteiger partial charge in [-0.15, -0.1) is 0 Å². The van der Waals surface area contributed by atoms with E-state index in [0.717, 1.165) is 13.1 Å². The quantitative estimate of drug-likeness (QED) is 0.878. The largest absolute Gasteiger partial charge is 0.309 e. The Hall–Kier alpha value is -0.860. The lowest BCUT2D eigenvalue weighted by atomic mass is 10.0. The molecule has 112 valence electrons. The lowest BCUT2D eigenvalue weighted by Gasteiger charge is -2.27. The highest BCUT2D eigenvalue weighted by Crippen LogP contribution is 2.20. The zero-order valence-electron chi connectivity index (χ0n) is 13.4. The number of hydrogen-bond donors (Lipinski definition) is 1. The Labute approximate surface area is 124 Å². The third kappa shape index (κ3) is 4.32. The molecule has 1 saturated heterocycles. The maximum absolute atomic E-state index is 3.67.